The lowest BCUT2D eigenvalue weighted by Gasteiger charge is -2.12. The molecule has 1 nitrogen and oxygen atoms in total. The van der Waals surface area contributed by atoms with E-state index >= 15 is 0 Å². The second-order valence-corrected chi connectivity index (χ2v) is 4.57. The average Bonchev–Trinajstić information content (AvgIpc) is 2.26. The predicted octanol–water partition coefficient (Wildman–Crippen LogP) is 4.04. The number of aromatic nitrogens is 1. The summed E-state index contributed by atoms with van der Waals surface area (Å²) in [4.78, 5) is 4.54. The van der Waals surface area contributed by atoms with E-state index in [-0.39, 0.29) is 0 Å². The summed E-state index contributed by atoms with van der Waals surface area (Å²) in [6.45, 7) is 4.28. The van der Waals surface area contributed by atoms with Crippen LogP contribution in [0.3, 0.4) is 0 Å². The van der Waals surface area contributed by atoms with Crippen molar-refractivity contribution in [1.29, 1.82) is 0 Å². The van der Waals surface area contributed by atoms with Crippen molar-refractivity contribution in [2.75, 3.05) is 5.33 Å². The molecule has 1 aromatic carbocycles. The first kappa shape index (κ1) is 10.6. The van der Waals surface area contributed by atoms with Gasteiger partial charge in [-0.25, -0.2) is 0 Å². The van der Waals surface area contributed by atoms with Gasteiger partial charge in [0.2, 0.25) is 0 Å². The molecule has 0 radical (unpaired) electrons. The fourth-order valence-electron chi connectivity index (χ4n) is 1.83. The van der Waals surface area contributed by atoms with Crippen LogP contribution >= 0.6 is 15.9 Å². The number of benzene rings is 1. The molecule has 0 saturated carbocycles. The molecule has 0 aliphatic carbocycles. The molecular formula is C13H14BrN. The largest absolute Gasteiger partial charge is 0.253 e. The van der Waals surface area contributed by atoms with Crippen LogP contribution in [-0.2, 0) is 0 Å². The molecule has 78 valence electrons. The van der Waals surface area contributed by atoms with E-state index in [0.717, 1.165) is 16.5 Å². The Balaban J connectivity index is 2.71. The van der Waals surface area contributed by atoms with E-state index < -0.39 is 0 Å². The van der Waals surface area contributed by atoms with Gasteiger partial charge in [-0.05, 0) is 30.5 Å². The van der Waals surface area contributed by atoms with E-state index in [4.69, 9.17) is 0 Å². The second-order valence-electron chi connectivity index (χ2n) is 3.93. The van der Waals surface area contributed by atoms with Gasteiger partial charge in [-0.2, -0.15) is 0 Å². The molecule has 1 unspecified atom stereocenters. The average molecular weight is 264 g/mol. The fourth-order valence-corrected chi connectivity index (χ4v) is 2.18. The van der Waals surface area contributed by atoms with Gasteiger partial charge in [-0.1, -0.05) is 41.1 Å². The fraction of sp³-hybridized carbons (Fsp3) is 0.308. The molecule has 0 bridgehead atoms. The quantitative estimate of drug-likeness (QED) is 0.746. The van der Waals surface area contributed by atoms with Crippen LogP contribution in [0, 0.1) is 6.92 Å². The molecule has 0 spiro atoms. The lowest BCUT2D eigenvalue weighted by atomic mass is 9.98. The normalized spacial score (nSPS) is 13.0. The summed E-state index contributed by atoms with van der Waals surface area (Å²) < 4.78 is 0. The summed E-state index contributed by atoms with van der Waals surface area (Å²) in [6, 6.07) is 10.5. The van der Waals surface area contributed by atoms with Crippen LogP contribution in [-0.4, -0.2) is 10.3 Å². The van der Waals surface area contributed by atoms with Gasteiger partial charge >= 0.3 is 0 Å². The maximum absolute atomic E-state index is 4.54. The lowest BCUT2D eigenvalue weighted by Crippen LogP contribution is -1.98. The summed E-state index contributed by atoms with van der Waals surface area (Å²) in [5, 5.41) is 2.26. The topological polar surface area (TPSA) is 12.9 Å². The zero-order valence-electron chi connectivity index (χ0n) is 9.00. The van der Waals surface area contributed by atoms with Crippen molar-refractivity contribution in [1.82, 2.24) is 4.98 Å². The van der Waals surface area contributed by atoms with Crippen LogP contribution < -0.4 is 0 Å². The highest BCUT2D eigenvalue weighted by Crippen LogP contribution is 2.26. The smallest absolute Gasteiger partial charge is 0.0708 e. The summed E-state index contributed by atoms with van der Waals surface area (Å²) in [5.41, 5.74) is 3.58. The van der Waals surface area contributed by atoms with Crippen LogP contribution in [0.4, 0.5) is 0 Å². The molecule has 0 saturated heterocycles. The minimum Gasteiger partial charge on any atom is -0.253 e. The molecule has 0 aliphatic rings. The lowest BCUT2D eigenvalue weighted by molar-refractivity contribution is 0.892. The van der Waals surface area contributed by atoms with E-state index in [9.17, 15) is 0 Å². The van der Waals surface area contributed by atoms with Gasteiger partial charge in [0.1, 0.15) is 0 Å². The number of rotatable bonds is 2. The third kappa shape index (κ3) is 2.05. The molecule has 1 atom stereocenters. The molecule has 1 aromatic heterocycles. The number of pyridine rings is 1. The molecule has 0 aliphatic heterocycles. The molecule has 2 aromatic rings. The SMILES string of the molecule is Cc1cc(C(C)CBr)c2ccccc2n1. The van der Waals surface area contributed by atoms with E-state index in [2.05, 4.69) is 59.0 Å². The Bertz CT molecular complexity index is 479. The Morgan fingerprint density at radius 1 is 1.33 bits per heavy atom. The Morgan fingerprint density at radius 2 is 2.07 bits per heavy atom. The van der Waals surface area contributed by atoms with Gasteiger partial charge in [-0.15, -0.1) is 0 Å². The number of nitrogens with zero attached hydrogens (tertiary/aromatic N) is 1. The minimum atomic E-state index is 0.525. The zero-order chi connectivity index (χ0) is 10.8. The van der Waals surface area contributed by atoms with E-state index in [0.29, 0.717) is 5.92 Å². The summed E-state index contributed by atoms with van der Waals surface area (Å²) in [5.74, 6) is 0.525. The third-order valence-corrected chi connectivity index (χ3v) is 3.61. The van der Waals surface area contributed by atoms with Crippen molar-refractivity contribution >= 4 is 26.8 Å². The van der Waals surface area contributed by atoms with E-state index in [1.54, 1.807) is 0 Å². The van der Waals surface area contributed by atoms with Crippen LogP contribution in [0.1, 0.15) is 24.1 Å². The number of fused-ring (bicyclic) bond motifs is 1. The molecule has 0 fully saturated rings. The molecule has 0 amide bonds. The minimum absolute atomic E-state index is 0.525. The second kappa shape index (κ2) is 4.31. The van der Waals surface area contributed by atoms with Crippen molar-refractivity contribution in [3.05, 3.63) is 41.6 Å². The van der Waals surface area contributed by atoms with Gasteiger partial charge < -0.3 is 0 Å². The Hall–Kier alpha value is -0.890. The van der Waals surface area contributed by atoms with Crippen molar-refractivity contribution in [2.24, 2.45) is 0 Å². The Morgan fingerprint density at radius 3 is 2.80 bits per heavy atom. The zero-order valence-corrected chi connectivity index (χ0v) is 10.6. The monoisotopic (exact) mass is 263 g/mol. The van der Waals surface area contributed by atoms with Crippen LogP contribution in [0.2, 0.25) is 0 Å². The van der Waals surface area contributed by atoms with Crippen LogP contribution in [0.5, 0.6) is 0 Å². The maximum atomic E-state index is 4.54. The first-order valence-corrected chi connectivity index (χ1v) is 6.26. The van der Waals surface area contributed by atoms with Gasteiger partial charge in [0.05, 0.1) is 5.52 Å². The number of aryl methyl sites for hydroxylation is 1. The maximum Gasteiger partial charge on any atom is 0.0708 e. The molecular weight excluding hydrogens is 250 g/mol. The number of para-hydroxylation sites is 1. The summed E-state index contributed by atoms with van der Waals surface area (Å²) in [7, 11) is 0. The molecule has 2 rings (SSSR count). The highest BCUT2D eigenvalue weighted by Gasteiger charge is 2.09. The van der Waals surface area contributed by atoms with Gasteiger partial charge in [0.15, 0.2) is 0 Å². The summed E-state index contributed by atoms with van der Waals surface area (Å²) >= 11 is 3.54. The van der Waals surface area contributed by atoms with Crippen LogP contribution in [0.15, 0.2) is 30.3 Å². The number of alkyl halides is 1. The third-order valence-electron chi connectivity index (χ3n) is 2.64. The first-order valence-electron chi connectivity index (χ1n) is 5.14. The predicted molar refractivity (Wildman–Crippen MR) is 68.7 cm³/mol. The number of halogens is 1. The van der Waals surface area contributed by atoms with Gasteiger partial charge in [0.25, 0.3) is 0 Å². The Labute approximate surface area is 98.7 Å². The van der Waals surface area contributed by atoms with Gasteiger partial charge in [-0.3, -0.25) is 4.98 Å². The Kier molecular flexibility index (Phi) is 3.06. The number of hydrogen-bond donors (Lipinski definition) is 0. The highest BCUT2D eigenvalue weighted by atomic mass is 79.9. The van der Waals surface area contributed by atoms with E-state index in [1.165, 1.54) is 10.9 Å². The molecule has 0 N–H and O–H groups in total. The summed E-state index contributed by atoms with van der Waals surface area (Å²) in [6.07, 6.45) is 0. The molecule has 1 heterocycles. The van der Waals surface area contributed by atoms with Crippen LogP contribution in [0.25, 0.3) is 10.9 Å². The van der Waals surface area contributed by atoms with Gasteiger partial charge in [0, 0.05) is 16.4 Å². The molecule has 2 heteroatoms. The number of hydrogen-bond acceptors (Lipinski definition) is 1. The van der Waals surface area contributed by atoms with Crippen molar-refractivity contribution in [3.8, 4) is 0 Å². The first-order chi connectivity index (χ1) is 7.22. The van der Waals surface area contributed by atoms with E-state index in [1.807, 2.05) is 6.07 Å². The standard InChI is InChI=1S/C13H14BrN/c1-9(8-14)12-7-10(2)15-13-6-4-3-5-11(12)13/h3-7,9H,8H2,1-2H3. The molecule has 15 heavy (non-hydrogen) atoms. The highest BCUT2D eigenvalue weighted by molar-refractivity contribution is 9.09. The van der Waals surface area contributed by atoms with Crippen molar-refractivity contribution in [2.45, 2.75) is 19.8 Å². The van der Waals surface area contributed by atoms with Crippen molar-refractivity contribution < 1.29 is 0 Å². The van der Waals surface area contributed by atoms with Crippen molar-refractivity contribution in [3.63, 3.8) is 0 Å².